The molecule has 0 aliphatic rings. The Morgan fingerprint density at radius 2 is 2.23 bits per heavy atom. The van der Waals surface area contributed by atoms with Crippen LogP contribution in [0.1, 0.15) is 0 Å². The SMILES string of the molecule is CN(C)c1ccnc2c(I)cnn12. The molecule has 0 saturated heterocycles. The minimum Gasteiger partial charge on any atom is -0.363 e. The van der Waals surface area contributed by atoms with Crippen LogP contribution >= 0.6 is 22.6 Å². The molecule has 0 bridgehead atoms. The minimum atomic E-state index is 0.909. The van der Waals surface area contributed by atoms with E-state index in [0.717, 1.165) is 15.0 Å². The molecule has 2 aromatic rings. The zero-order valence-corrected chi connectivity index (χ0v) is 9.56. The molecule has 0 aromatic carbocycles. The second kappa shape index (κ2) is 3.13. The fourth-order valence-corrected chi connectivity index (χ4v) is 1.68. The van der Waals surface area contributed by atoms with Gasteiger partial charge in [0.25, 0.3) is 0 Å². The van der Waals surface area contributed by atoms with Crippen LogP contribution in [0.4, 0.5) is 5.82 Å². The summed E-state index contributed by atoms with van der Waals surface area (Å²) in [6, 6.07) is 1.94. The summed E-state index contributed by atoms with van der Waals surface area (Å²) in [5.41, 5.74) is 0.909. The van der Waals surface area contributed by atoms with Crippen LogP contribution in [0.25, 0.3) is 5.65 Å². The van der Waals surface area contributed by atoms with Crippen LogP contribution in [0.2, 0.25) is 0 Å². The van der Waals surface area contributed by atoms with E-state index in [9.17, 15) is 0 Å². The molecular formula is C8H9IN4. The summed E-state index contributed by atoms with van der Waals surface area (Å²) < 4.78 is 2.91. The van der Waals surface area contributed by atoms with Crippen molar-refractivity contribution < 1.29 is 0 Å². The maximum absolute atomic E-state index is 4.25. The lowest BCUT2D eigenvalue weighted by Gasteiger charge is -2.12. The zero-order chi connectivity index (χ0) is 9.42. The maximum atomic E-state index is 4.25. The average molecular weight is 288 g/mol. The number of hydrogen-bond donors (Lipinski definition) is 0. The molecule has 0 N–H and O–H groups in total. The number of fused-ring (bicyclic) bond motifs is 1. The first-order valence-corrected chi connectivity index (χ1v) is 4.93. The Morgan fingerprint density at radius 3 is 2.92 bits per heavy atom. The highest BCUT2D eigenvalue weighted by Crippen LogP contribution is 2.16. The Balaban J connectivity index is 2.77. The van der Waals surface area contributed by atoms with Crippen molar-refractivity contribution in [2.24, 2.45) is 0 Å². The quantitative estimate of drug-likeness (QED) is 0.744. The smallest absolute Gasteiger partial charge is 0.170 e. The third kappa shape index (κ3) is 1.37. The molecule has 5 heteroatoms. The normalized spacial score (nSPS) is 10.7. The van der Waals surface area contributed by atoms with Crippen LogP contribution in [0.3, 0.4) is 0 Å². The Bertz CT molecular complexity index is 435. The molecule has 0 atom stereocenters. The van der Waals surface area contributed by atoms with E-state index in [4.69, 9.17) is 0 Å². The van der Waals surface area contributed by atoms with E-state index >= 15 is 0 Å². The van der Waals surface area contributed by atoms with Crippen molar-refractivity contribution in [3.8, 4) is 0 Å². The highest BCUT2D eigenvalue weighted by atomic mass is 127. The van der Waals surface area contributed by atoms with E-state index in [1.165, 1.54) is 0 Å². The first kappa shape index (κ1) is 8.74. The van der Waals surface area contributed by atoms with Gasteiger partial charge in [-0.1, -0.05) is 0 Å². The molecule has 0 radical (unpaired) electrons. The second-order valence-electron chi connectivity index (χ2n) is 2.93. The Labute approximate surface area is 89.7 Å². The molecule has 0 spiro atoms. The molecule has 0 aliphatic carbocycles. The zero-order valence-electron chi connectivity index (χ0n) is 7.40. The van der Waals surface area contributed by atoms with Crippen molar-refractivity contribution in [2.45, 2.75) is 0 Å². The second-order valence-corrected chi connectivity index (χ2v) is 4.09. The largest absolute Gasteiger partial charge is 0.363 e. The van der Waals surface area contributed by atoms with Crippen LogP contribution in [0.5, 0.6) is 0 Å². The highest BCUT2D eigenvalue weighted by Gasteiger charge is 2.06. The van der Waals surface area contributed by atoms with Crippen molar-refractivity contribution in [3.05, 3.63) is 22.0 Å². The van der Waals surface area contributed by atoms with E-state index in [1.807, 2.05) is 35.8 Å². The molecular weight excluding hydrogens is 279 g/mol. The van der Waals surface area contributed by atoms with Gasteiger partial charge in [0.15, 0.2) is 5.65 Å². The van der Waals surface area contributed by atoms with Gasteiger partial charge in [0.05, 0.1) is 9.77 Å². The lowest BCUT2D eigenvalue weighted by Crippen LogP contribution is -2.13. The van der Waals surface area contributed by atoms with Gasteiger partial charge in [0.2, 0.25) is 0 Å². The molecule has 2 rings (SSSR count). The van der Waals surface area contributed by atoms with Crippen molar-refractivity contribution in [3.63, 3.8) is 0 Å². The van der Waals surface area contributed by atoms with Gasteiger partial charge in [-0.3, -0.25) is 0 Å². The summed E-state index contributed by atoms with van der Waals surface area (Å²) in [5.74, 6) is 1.04. The number of anilines is 1. The molecule has 0 fully saturated rings. The van der Waals surface area contributed by atoms with Crippen LogP contribution in [-0.2, 0) is 0 Å². The molecule has 13 heavy (non-hydrogen) atoms. The molecule has 2 aromatic heterocycles. The Hall–Kier alpha value is -0.850. The molecule has 2 heterocycles. The fraction of sp³-hybridized carbons (Fsp3) is 0.250. The molecule has 68 valence electrons. The van der Waals surface area contributed by atoms with Gasteiger partial charge in [-0.2, -0.15) is 9.61 Å². The van der Waals surface area contributed by atoms with Gasteiger partial charge >= 0.3 is 0 Å². The standard InChI is InChI=1S/C8H9IN4/c1-12(2)7-3-4-10-8-6(9)5-11-13(7)8/h3-5H,1-2H3. The lowest BCUT2D eigenvalue weighted by molar-refractivity contribution is 0.896. The highest BCUT2D eigenvalue weighted by molar-refractivity contribution is 14.1. The van der Waals surface area contributed by atoms with Crippen LogP contribution in [-0.4, -0.2) is 28.7 Å². The fourth-order valence-electron chi connectivity index (χ4n) is 1.19. The molecule has 4 nitrogen and oxygen atoms in total. The third-order valence-corrected chi connectivity index (χ3v) is 2.56. The lowest BCUT2D eigenvalue weighted by atomic mass is 10.5. The average Bonchev–Trinajstić information content (AvgIpc) is 2.48. The number of hydrogen-bond acceptors (Lipinski definition) is 3. The van der Waals surface area contributed by atoms with Gasteiger partial charge in [0.1, 0.15) is 5.82 Å². The van der Waals surface area contributed by atoms with E-state index in [-0.39, 0.29) is 0 Å². The Morgan fingerprint density at radius 1 is 1.46 bits per heavy atom. The molecule has 0 aliphatic heterocycles. The topological polar surface area (TPSA) is 33.4 Å². The number of halogens is 1. The summed E-state index contributed by atoms with van der Waals surface area (Å²) in [4.78, 5) is 6.26. The maximum Gasteiger partial charge on any atom is 0.170 e. The predicted octanol–water partition coefficient (Wildman–Crippen LogP) is 1.40. The van der Waals surface area contributed by atoms with Crippen LogP contribution in [0, 0.1) is 3.57 Å². The monoisotopic (exact) mass is 288 g/mol. The summed E-state index contributed by atoms with van der Waals surface area (Å²) in [6.45, 7) is 0. The molecule has 0 saturated carbocycles. The minimum absolute atomic E-state index is 0.909. The van der Waals surface area contributed by atoms with E-state index < -0.39 is 0 Å². The van der Waals surface area contributed by atoms with Gasteiger partial charge in [-0.05, 0) is 28.7 Å². The van der Waals surface area contributed by atoms with Gasteiger partial charge in [-0.15, -0.1) is 0 Å². The third-order valence-electron chi connectivity index (χ3n) is 1.80. The number of rotatable bonds is 1. The van der Waals surface area contributed by atoms with Crippen LogP contribution in [0.15, 0.2) is 18.5 Å². The van der Waals surface area contributed by atoms with Crippen molar-refractivity contribution in [2.75, 3.05) is 19.0 Å². The summed E-state index contributed by atoms with van der Waals surface area (Å²) >= 11 is 2.23. The molecule has 0 amide bonds. The Kier molecular flexibility index (Phi) is 2.10. The number of aromatic nitrogens is 3. The van der Waals surface area contributed by atoms with Gasteiger partial charge < -0.3 is 4.90 Å². The van der Waals surface area contributed by atoms with Crippen molar-refractivity contribution in [1.82, 2.24) is 14.6 Å². The van der Waals surface area contributed by atoms with E-state index in [0.29, 0.717) is 0 Å². The van der Waals surface area contributed by atoms with E-state index in [2.05, 4.69) is 32.7 Å². The van der Waals surface area contributed by atoms with Crippen molar-refractivity contribution >= 4 is 34.1 Å². The first-order valence-electron chi connectivity index (χ1n) is 3.85. The van der Waals surface area contributed by atoms with Gasteiger partial charge in [0, 0.05) is 20.3 Å². The molecule has 0 unspecified atom stereocenters. The summed E-state index contributed by atoms with van der Waals surface area (Å²) in [6.07, 6.45) is 3.62. The van der Waals surface area contributed by atoms with Crippen LogP contribution < -0.4 is 4.90 Å². The van der Waals surface area contributed by atoms with Gasteiger partial charge in [-0.25, -0.2) is 4.98 Å². The predicted molar refractivity (Wildman–Crippen MR) is 60.0 cm³/mol. The first-order chi connectivity index (χ1) is 6.20. The van der Waals surface area contributed by atoms with E-state index in [1.54, 1.807) is 6.20 Å². The number of nitrogens with zero attached hydrogens (tertiary/aromatic N) is 4. The summed E-state index contributed by atoms with van der Waals surface area (Å²) in [7, 11) is 3.98. The summed E-state index contributed by atoms with van der Waals surface area (Å²) in [5, 5.41) is 4.24. The van der Waals surface area contributed by atoms with Crippen molar-refractivity contribution in [1.29, 1.82) is 0 Å².